The van der Waals surface area contributed by atoms with E-state index in [0.29, 0.717) is 19.4 Å². The smallest absolute Gasteiger partial charge is 0.308 e. The number of ether oxygens (including phenoxy) is 1. The number of amides is 1. The summed E-state index contributed by atoms with van der Waals surface area (Å²) in [5, 5.41) is 8.96. The third kappa shape index (κ3) is 3.46. The van der Waals surface area contributed by atoms with Gasteiger partial charge in [0, 0.05) is 13.1 Å². The Morgan fingerprint density at radius 2 is 2.15 bits per heavy atom. The molecule has 0 bridgehead atoms. The van der Waals surface area contributed by atoms with Gasteiger partial charge in [-0.25, -0.2) is 4.39 Å². The molecule has 0 aliphatic carbocycles. The van der Waals surface area contributed by atoms with Crippen LogP contribution in [-0.4, -0.2) is 41.6 Å². The molecule has 20 heavy (non-hydrogen) atoms. The number of hydrogen-bond acceptors (Lipinski definition) is 3. The number of carboxylic acids is 1. The second-order valence-electron chi connectivity index (χ2n) is 4.74. The summed E-state index contributed by atoms with van der Waals surface area (Å²) < 4.78 is 18.5. The quantitative estimate of drug-likeness (QED) is 0.908. The number of carbonyl (C=O) groups is 2. The summed E-state index contributed by atoms with van der Waals surface area (Å²) in [6.45, 7) is 0.422. The minimum Gasteiger partial charge on any atom is -0.481 e. The zero-order valence-corrected chi connectivity index (χ0v) is 10.9. The molecule has 1 N–H and O–H groups in total. The Morgan fingerprint density at radius 1 is 1.40 bits per heavy atom. The predicted molar refractivity (Wildman–Crippen MR) is 68.8 cm³/mol. The van der Waals surface area contributed by atoms with Crippen LogP contribution in [0.4, 0.5) is 4.39 Å². The number of likely N-dealkylation sites (tertiary alicyclic amines) is 1. The fraction of sp³-hybridized carbons (Fsp3) is 0.429. The van der Waals surface area contributed by atoms with Gasteiger partial charge in [-0.3, -0.25) is 9.59 Å². The number of carboxylic acid groups (broad SMARTS) is 1. The van der Waals surface area contributed by atoms with Gasteiger partial charge >= 0.3 is 5.97 Å². The van der Waals surface area contributed by atoms with Crippen LogP contribution in [0.2, 0.25) is 0 Å². The summed E-state index contributed by atoms with van der Waals surface area (Å²) in [6, 6.07) is 5.84. The van der Waals surface area contributed by atoms with Gasteiger partial charge in [-0.2, -0.15) is 0 Å². The third-order valence-corrected chi connectivity index (χ3v) is 3.31. The van der Waals surface area contributed by atoms with Crippen molar-refractivity contribution in [2.75, 3.05) is 19.7 Å². The van der Waals surface area contributed by atoms with E-state index in [1.165, 1.54) is 23.1 Å². The highest BCUT2D eigenvalue weighted by atomic mass is 19.1. The molecule has 108 valence electrons. The Balaban J connectivity index is 1.89. The Hall–Kier alpha value is -2.11. The molecule has 1 amide bonds. The highest BCUT2D eigenvalue weighted by molar-refractivity contribution is 5.79. The lowest BCUT2D eigenvalue weighted by Gasteiger charge is -2.30. The molecular weight excluding hydrogens is 265 g/mol. The molecular formula is C14H16FNO4. The van der Waals surface area contributed by atoms with Gasteiger partial charge in [-0.15, -0.1) is 0 Å². The van der Waals surface area contributed by atoms with Crippen LogP contribution < -0.4 is 4.74 Å². The van der Waals surface area contributed by atoms with E-state index in [2.05, 4.69) is 0 Å². The van der Waals surface area contributed by atoms with E-state index >= 15 is 0 Å². The van der Waals surface area contributed by atoms with E-state index < -0.39 is 17.7 Å². The summed E-state index contributed by atoms with van der Waals surface area (Å²) >= 11 is 0. The van der Waals surface area contributed by atoms with Crippen LogP contribution in [0.25, 0.3) is 0 Å². The molecule has 2 rings (SSSR count). The van der Waals surface area contributed by atoms with Crippen molar-refractivity contribution < 1.29 is 23.8 Å². The highest BCUT2D eigenvalue weighted by Crippen LogP contribution is 2.18. The first-order valence-electron chi connectivity index (χ1n) is 6.46. The molecule has 6 heteroatoms. The normalized spacial score (nSPS) is 18.6. The first-order valence-corrected chi connectivity index (χ1v) is 6.46. The van der Waals surface area contributed by atoms with Crippen LogP contribution in [0.1, 0.15) is 12.8 Å². The molecule has 0 unspecified atom stereocenters. The van der Waals surface area contributed by atoms with Crippen molar-refractivity contribution in [3.8, 4) is 5.75 Å². The molecule has 0 radical (unpaired) electrons. The third-order valence-electron chi connectivity index (χ3n) is 3.31. The topological polar surface area (TPSA) is 66.8 Å². The average Bonchev–Trinajstić information content (AvgIpc) is 2.46. The maximum absolute atomic E-state index is 13.3. The van der Waals surface area contributed by atoms with Gasteiger partial charge < -0.3 is 14.7 Å². The van der Waals surface area contributed by atoms with Crippen LogP contribution in [0, 0.1) is 11.7 Å². The Morgan fingerprint density at radius 3 is 2.85 bits per heavy atom. The van der Waals surface area contributed by atoms with E-state index in [1.807, 2.05) is 0 Å². The van der Waals surface area contributed by atoms with E-state index in [1.54, 1.807) is 6.07 Å². The van der Waals surface area contributed by atoms with Crippen LogP contribution in [0.15, 0.2) is 24.3 Å². The Bertz CT molecular complexity index is 506. The molecule has 0 aromatic heterocycles. The Kier molecular flexibility index (Phi) is 4.55. The van der Waals surface area contributed by atoms with Crippen molar-refractivity contribution in [1.82, 2.24) is 4.90 Å². The number of rotatable bonds is 4. The maximum atomic E-state index is 13.3. The number of hydrogen-bond donors (Lipinski definition) is 1. The number of piperidine rings is 1. The predicted octanol–water partition coefficient (Wildman–Crippen LogP) is 1.53. The minimum absolute atomic E-state index is 0.0210. The number of nitrogens with zero attached hydrogens (tertiary/aromatic N) is 1. The standard InChI is InChI=1S/C14H16FNO4/c15-11-5-1-2-6-12(11)20-9-13(17)16-7-3-4-10(8-16)14(18)19/h1-2,5-6,10H,3-4,7-9H2,(H,18,19)/t10-/m1/s1. The summed E-state index contributed by atoms with van der Waals surface area (Å²) in [5.74, 6) is -2.24. The first-order chi connectivity index (χ1) is 9.58. The van der Waals surface area contributed by atoms with Crippen LogP contribution >= 0.6 is 0 Å². The summed E-state index contributed by atoms with van der Waals surface area (Å²) in [5.41, 5.74) is 0. The van der Waals surface area contributed by atoms with Crippen LogP contribution in [-0.2, 0) is 9.59 Å². The molecule has 0 saturated carbocycles. The molecule has 1 fully saturated rings. The monoisotopic (exact) mass is 281 g/mol. The first kappa shape index (κ1) is 14.3. The van der Waals surface area contributed by atoms with Crippen molar-refractivity contribution in [3.05, 3.63) is 30.1 Å². The zero-order valence-electron chi connectivity index (χ0n) is 10.9. The van der Waals surface area contributed by atoms with Gasteiger partial charge in [0.25, 0.3) is 5.91 Å². The van der Waals surface area contributed by atoms with Crippen molar-refractivity contribution in [3.63, 3.8) is 0 Å². The zero-order chi connectivity index (χ0) is 14.5. The highest BCUT2D eigenvalue weighted by Gasteiger charge is 2.28. The van der Waals surface area contributed by atoms with Gasteiger partial charge in [-0.05, 0) is 25.0 Å². The van der Waals surface area contributed by atoms with Gasteiger partial charge in [0.1, 0.15) is 0 Å². The maximum Gasteiger partial charge on any atom is 0.308 e. The van der Waals surface area contributed by atoms with Crippen LogP contribution in [0.5, 0.6) is 5.75 Å². The Labute approximate surface area is 116 Å². The lowest BCUT2D eigenvalue weighted by molar-refractivity contribution is -0.146. The van der Waals surface area contributed by atoms with Crippen molar-refractivity contribution >= 4 is 11.9 Å². The van der Waals surface area contributed by atoms with E-state index in [-0.39, 0.29) is 24.8 Å². The number of aliphatic carboxylic acids is 1. The van der Waals surface area contributed by atoms with Crippen molar-refractivity contribution in [2.45, 2.75) is 12.8 Å². The van der Waals surface area contributed by atoms with E-state index in [0.717, 1.165) is 0 Å². The molecule has 0 spiro atoms. The van der Waals surface area contributed by atoms with Gasteiger partial charge in [0.2, 0.25) is 0 Å². The number of para-hydroxylation sites is 1. The van der Waals surface area contributed by atoms with E-state index in [9.17, 15) is 14.0 Å². The molecule has 5 nitrogen and oxygen atoms in total. The van der Waals surface area contributed by atoms with Crippen LogP contribution in [0.3, 0.4) is 0 Å². The van der Waals surface area contributed by atoms with Crippen molar-refractivity contribution in [2.24, 2.45) is 5.92 Å². The molecule has 1 aliphatic rings. The second-order valence-corrected chi connectivity index (χ2v) is 4.74. The summed E-state index contributed by atoms with van der Waals surface area (Å²) in [6.07, 6.45) is 1.23. The second kappa shape index (κ2) is 6.36. The van der Waals surface area contributed by atoms with E-state index in [4.69, 9.17) is 9.84 Å². The lowest BCUT2D eigenvalue weighted by atomic mass is 9.98. The fourth-order valence-corrected chi connectivity index (χ4v) is 2.20. The number of benzene rings is 1. The van der Waals surface area contributed by atoms with Gasteiger partial charge in [-0.1, -0.05) is 12.1 Å². The average molecular weight is 281 g/mol. The molecule has 1 saturated heterocycles. The summed E-state index contributed by atoms with van der Waals surface area (Å²) in [7, 11) is 0. The van der Waals surface area contributed by atoms with Gasteiger partial charge in [0.15, 0.2) is 18.2 Å². The van der Waals surface area contributed by atoms with Gasteiger partial charge in [0.05, 0.1) is 5.92 Å². The van der Waals surface area contributed by atoms with Crippen molar-refractivity contribution in [1.29, 1.82) is 0 Å². The molecule has 1 aromatic rings. The largest absolute Gasteiger partial charge is 0.481 e. The summed E-state index contributed by atoms with van der Waals surface area (Å²) in [4.78, 5) is 24.3. The fourth-order valence-electron chi connectivity index (χ4n) is 2.20. The number of carbonyl (C=O) groups excluding carboxylic acids is 1. The molecule has 1 atom stereocenters. The lowest BCUT2D eigenvalue weighted by Crippen LogP contribution is -2.44. The molecule has 1 aromatic carbocycles. The molecule has 1 aliphatic heterocycles. The number of halogens is 1. The minimum atomic E-state index is -0.891. The molecule has 1 heterocycles. The SMILES string of the molecule is O=C(O)[C@@H]1CCCN(C(=O)COc2ccccc2F)C1.